The number of hydrogen-bond acceptors (Lipinski definition) is 3. The minimum atomic E-state index is -3.44. The maximum atomic E-state index is 12.1. The van der Waals surface area contributed by atoms with Crippen LogP contribution in [0.5, 0.6) is 0 Å². The fourth-order valence-electron chi connectivity index (χ4n) is 2.08. The van der Waals surface area contributed by atoms with Crippen molar-refractivity contribution in [3.8, 4) is 6.07 Å². The van der Waals surface area contributed by atoms with Gasteiger partial charge in [-0.3, -0.25) is 0 Å². The van der Waals surface area contributed by atoms with E-state index < -0.39 is 15.3 Å². The summed E-state index contributed by atoms with van der Waals surface area (Å²) < 4.78 is 25.7. The summed E-state index contributed by atoms with van der Waals surface area (Å²) in [6, 6.07) is 1.88. The molecule has 86 valence electrons. The van der Waals surface area contributed by atoms with E-state index in [-0.39, 0.29) is 5.54 Å². The van der Waals surface area contributed by atoms with Crippen LogP contribution in [0.2, 0.25) is 0 Å². The first kappa shape index (κ1) is 12.5. The molecule has 0 radical (unpaired) electrons. The van der Waals surface area contributed by atoms with Crippen LogP contribution in [0.1, 0.15) is 40.0 Å². The van der Waals surface area contributed by atoms with Crippen LogP contribution in [0.3, 0.4) is 0 Å². The first-order chi connectivity index (χ1) is 6.86. The van der Waals surface area contributed by atoms with E-state index in [1.807, 2.05) is 19.9 Å². The van der Waals surface area contributed by atoms with Crippen molar-refractivity contribution in [1.29, 1.82) is 5.26 Å². The van der Waals surface area contributed by atoms with E-state index in [1.54, 1.807) is 6.92 Å². The quantitative estimate of drug-likeness (QED) is 0.738. The van der Waals surface area contributed by atoms with E-state index in [9.17, 15) is 8.42 Å². The topological polar surface area (TPSA) is 61.2 Å². The smallest absolute Gasteiger partial charge is 0.211 e. The lowest BCUT2D eigenvalue weighted by molar-refractivity contribution is 0.290. The van der Waals surface area contributed by atoms with Crippen molar-refractivity contribution in [2.45, 2.75) is 50.8 Å². The summed E-state index contributed by atoms with van der Waals surface area (Å²) in [5, 5.41) is 7.94. The van der Waals surface area contributed by atoms with Gasteiger partial charge in [-0.2, -0.15) is 9.57 Å². The predicted molar refractivity (Wildman–Crippen MR) is 58.6 cm³/mol. The third-order valence-corrected chi connectivity index (χ3v) is 5.46. The highest BCUT2D eigenvalue weighted by atomic mass is 32.2. The zero-order valence-electron chi connectivity index (χ0n) is 9.52. The van der Waals surface area contributed by atoms with Crippen molar-refractivity contribution in [2.24, 2.45) is 0 Å². The number of nitrogens with zero attached hydrogens (tertiary/aromatic N) is 2. The van der Waals surface area contributed by atoms with E-state index in [0.29, 0.717) is 13.0 Å². The Balaban J connectivity index is 3.02. The first-order valence-corrected chi connectivity index (χ1v) is 6.78. The molecule has 0 spiro atoms. The maximum absolute atomic E-state index is 12.1. The van der Waals surface area contributed by atoms with Gasteiger partial charge in [0, 0.05) is 12.1 Å². The molecule has 0 aromatic carbocycles. The third kappa shape index (κ3) is 2.16. The molecule has 1 saturated heterocycles. The summed E-state index contributed by atoms with van der Waals surface area (Å²) in [6.45, 7) is 6.12. The van der Waals surface area contributed by atoms with E-state index in [4.69, 9.17) is 5.26 Å². The molecule has 0 N–H and O–H groups in total. The van der Waals surface area contributed by atoms with E-state index >= 15 is 0 Å². The molecule has 0 saturated carbocycles. The van der Waals surface area contributed by atoms with Gasteiger partial charge in [0.05, 0.1) is 6.07 Å². The fraction of sp³-hybridized carbons (Fsp3) is 0.900. The number of sulfonamides is 1. The molecule has 0 aromatic heterocycles. The minimum Gasteiger partial charge on any atom is -0.211 e. The summed E-state index contributed by atoms with van der Waals surface area (Å²) in [5.74, 6) is 0. The molecule has 15 heavy (non-hydrogen) atoms. The molecule has 1 fully saturated rings. The van der Waals surface area contributed by atoms with Gasteiger partial charge in [0.1, 0.15) is 0 Å². The minimum absolute atomic E-state index is 0.330. The number of nitriles is 1. The Bertz CT molecular complexity index is 367. The molecule has 0 bridgehead atoms. The Kier molecular flexibility index (Phi) is 3.41. The molecular weight excluding hydrogens is 212 g/mol. The molecule has 5 heteroatoms. The Morgan fingerprint density at radius 2 is 2.13 bits per heavy atom. The number of hydrogen-bond donors (Lipinski definition) is 0. The monoisotopic (exact) mass is 230 g/mol. The van der Waals surface area contributed by atoms with Crippen LogP contribution in [-0.2, 0) is 10.0 Å². The van der Waals surface area contributed by atoms with Crippen LogP contribution in [-0.4, -0.2) is 30.1 Å². The van der Waals surface area contributed by atoms with Gasteiger partial charge >= 0.3 is 0 Å². The van der Waals surface area contributed by atoms with Crippen LogP contribution in [0, 0.1) is 11.3 Å². The van der Waals surface area contributed by atoms with Gasteiger partial charge < -0.3 is 0 Å². The van der Waals surface area contributed by atoms with Gasteiger partial charge in [-0.05, 0) is 33.1 Å². The third-order valence-electron chi connectivity index (χ3n) is 3.01. The van der Waals surface area contributed by atoms with Crippen LogP contribution in [0.25, 0.3) is 0 Å². The van der Waals surface area contributed by atoms with Gasteiger partial charge in [-0.1, -0.05) is 6.92 Å². The average molecular weight is 230 g/mol. The molecule has 0 amide bonds. The lowest BCUT2D eigenvalue weighted by Crippen LogP contribution is -2.46. The Morgan fingerprint density at radius 1 is 1.53 bits per heavy atom. The standard InChI is InChI=1S/C10H18N2O2S/c1-4-9(8-11)15(13,14)12-7-5-6-10(12,2)3/h9H,4-7H2,1-3H3. The second kappa shape index (κ2) is 4.11. The van der Waals surface area contributed by atoms with Crippen LogP contribution < -0.4 is 0 Å². The summed E-state index contributed by atoms with van der Waals surface area (Å²) in [4.78, 5) is 0. The largest absolute Gasteiger partial charge is 0.230 e. The lowest BCUT2D eigenvalue weighted by Gasteiger charge is -2.31. The van der Waals surface area contributed by atoms with Gasteiger partial charge in [-0.25, -0.2) is 8.42 Å². The number of rotatable bonds is 3. The van der Waals surface area contributed by atoms with Gasteiger partial charge in [-0.15, -0.1) is 0 Å². The normalized spacial score (nSPS) is 23.6. The molecule has 1 aliphatic heterocycles. The molecule has 1 unspecified atom stereocenters. The van der Waals surface area contributed by atoms with Crippen LogP contribution >= 0.6 is 0 Å². The second-order valence-corrected chi connectivity index (χ2v) is 6.60. The zero-order valence-corrected chi connectivity index (χ0v) is 10.3. The molecular formula is C10H18N2O2S. The van der Waals surface area contributed by atoms with Crippen molar-refractivity contribution in [1.82, 2.24) is 4.31 Å². The zero-order chi connectivity index (χ0) is 11.7. The van der Waals surface area contributed by atoms with E-state index in [2.05, 4.69) is 0 Å². The Hall–Kier alpha value is -0.600. The van der Waals surface area contributed by atoms with Crippen molar-refractivity contribution >= 4 is 10.0 Å². The predicted octanol–water partition coefficient (Wildman–Crippen LogP) is 1.49. The highest BCUT2D eigenvalue weighted by Crippen LogP contribution is 2.32. The Labute approximate surface area is 91.9 Å². The Morgan fingerprint density at radius 3 is 2.47 bits per heavy atom. The second-order valence-electron chi connectivity index (χ2n) is 4.56. The SMILES string of the molecule is CCC(C#N)S(=O)(=O)N1CCCC1(C)C. The highest BCUT2D eigenvalue weighted by molar-refractivity contribution is 7.90. The van der Waals surface area contributed by atoms with Crippen molar-refractivity contribution in [3.05, 3.63) is 0 Å². The van der Waals surface area contributed by atoms with E-state index in [0.717, 1.165) is 12.8 Å². The molecule has 1 aliphatic rings. The van der Waals surface area contributed by atoms with Crippen molar-refractivity contribution in [2.75, 3.05) is 6.54 Å². The maximum Gasteiger partial charge on any atom is 0.230 e. The van der Waals surface area contributed by atoms with Gasteiger partial charge in [0.2, 0.25) is 10.0 Å². The van der Waals surface area contributed by atoms with Gasteiger partial charge in [0.25, 0.3) is 0 Å². The first-order valence-electron chi connectivity index (χ1n) is 5.27. The summed E-state index contributed by atoms with van der Waals surface area (Å²) in [5.41, 5.74) is -0.330. The average Bonchev–Trinajstić information content (AvgIpc) is 2.47. The summed E-state index contributed by atoms with van der Waals surface area (Å²) in [7, 11) is -3.44. The van der Waals surface area contributed by atoms with Crippen LogP contribution in [0.4, 0.5) is 0 Å². The molecule has 1 heterocycles. The molecule has 1 rings (SSSR count). The van der Waals surface area contributed by atoms with E-state index in [1.165, 1.54) is 4.31 Å². The lowest BCUT2D eigenvalue weighted by atomic mass is 10.0. The molecule has 1 atom stereocenters. The summed E-state index contributed by atoms with van der Waals surface area (Å²) >= 11 is 0. The van der Waals surface area contributed by atoms with Crippen molar-refractivity contribution < 1.29 is 8.42 Å². The highest BCUT2D eigenvalue weighted by Gasteiger charge is 2.43. The molecule has 0 aromatic rings. The molecule has 0 aliphatic carbocycles. The van der Waals surface area contributed by atoms with Crippen LogP contribution in [0.15, 0.2) is 0 Å². The molecule has 4 nitrogen and oxygen atoms in total. The van der Waals surface area contributed by atoms with Crippen molar-refractivity contribution in [3.63, 3.8) is 0 Å². The summed E-state index contributed by atoms with van der Waals surface area (Å²) in [6.07, 6.45) is 2.10. The fourth-order valence-corrected chi connectivity index (χ4v) is 4.10. The van der Waals surface area contributed by atoms with Gasteiger partial charge in [0.15, 0.2) is 5.25 Å².